The van der Waals surface area contributed by atoms with Gasteiger partial charge in [0.1, 0.15) is 0 Å². The second kappa shape index (κ2) is 10.6. The Morgan fingerprint density at radius 1 is 0.938 bits per heavy atom. The number of nitrogens with zero attached hydrogens (tertiary/aromatic N) is 1. The molecule has 0 atom stereocenters. The molecule has 0 radical (unpaired) electrons. The summed E-state index contributed by atoms with van der Waals surface area (Å²) in [6.45, 7) is 0. The number of esters is 1. The number of carboxylic acids is 1. The Morgan fingerprint density at radius 2 is 1.50 bits per heavy atom. The van der Waals surface area contributed by atoms with Gasteiger partial charge in [-0.15, -0.1) is 0 Å². The monoisotopic (exact) mass is 447 g/mol. The van der Waals surface area contributed by atoms with Crippen LogP contribution in [0.3, 0.4) is 0 Å². The smallest absolute Gasteiger partial charge is 0.478 e. The van der Waals surface area contributed by atoms with Gasteiger partial charge in [0, 0.05) is 11.8 Å². The van der Waals surface area contributed by atoms with E-state index < -0.39 is 30.8 Å². The fourth-order valence-electron chi connectivity index (χ4n) is 2.54. The summed E-state index contributed by atoms with van der Waals surface area (Å²) >= 11 is 0. The zero-order valence-electron chi connectivity index (χ0n) is 16.6. The highest BCUT2D eigenvalue weighted by Crippen LogP contribution is 2.35. The molecule has 11 heteroatoms. The van der Waals surface area contributed by atoms with Gasteiger partial charge >= 0.3 is 25.2 Å². The van der Waals surface area contributed by atoms with Gasteiger partial charge < -0.3 is 19.9 Å². The van der Waals surface area contributed by atoms with Gasteiger partial charge in [-0.1, -0.05) is 24.3 Å². The minimum atomic E-state index is -4.50. The second-order valence-corrected chi connectivity index (χ2v) is 6.27. The molecule has 1 aromatic heterocycles. The number of carbonyl (C=O) groups is 2. The third kappa shape index (κ3) is 6.40. The maximum atomic E-state index is 12.8. The average molecular weight is 447 g/mol. The maximum Gasteiger partial charge on any atom is 0.488 e. The molecule has 0 bridgehead atoms. The van der Waals surface area contributed by atoms with Crippen LogP contribution in [0, 0.1) is 0 Å². The molecule has 1 heterocycles. The van der Waals surface area contributed by atoms with E-state index in [4.69, 9.17) is 15.2 Å². The van der Waals surface area contributed by atoms with Gasteiger partial charge in [0.25, 0.3) is 0 Å². The molecule has 7 nitrogen and oxygen atoms in total. The summed E-state index contributed by atoms with van der Waals surface area (Å²) in [4.78, 5) is 25.3. The zero-order valence-corrected chi connectivity index (χ0v) is 16.6. The Hall–Kier alpha value is -3.70. The normalized spacial score (nSPS) is 10.6. The molecule has 32 heavy (non-hydrogen) atoms. The van der Waals surface area contributed by atoms with Crippen molar-refractivity contribution in [3.63, 3.8) is 0 Å². The van der Waals surface area contributed by atoms with Gasteiger partial charge in [-0.2, -0.15) is 13.2 Å². The molecular formula is C21H17BF3NO6. The number of alkyl halides is 3. The molecule has 3 aromatic rings. The molecule has 0 aliphatic heterocycles. The third-order valence-electron chi connectivity index (χ3n) is 4.15. The van der Waals surface area contributed by atoms with E-state index in [0.29, 0.717) is 11.0 Å². The molecule has 0 aliphatic carbocycles. The summed E-state index contributed by atoms with van der Waals surface area (Å²) in [5.41, 5.74) is -0.115. The molecule has 0 fully saturated rings. The quantitative estimate of drug-likeness (QED) is 0.416. The van der Waals surface area contributed by atoms with Gasteiger partial charge in [0.05, 0.1) is 29.5 Å². The van der Waals surface area contributed by atoms with Gasteiger partial charge in [0.2, 0.25) is 0 Å². The van der Waals surface area contributed by atoms with E-state index in [2.05, 4.69) is 9.72 Å². The molecule has 0 saturated heterocycles. The number of aromatic carboxylic acids is 1. The Morgan fingerprint density at radius 3 is 1.97 bits per heavy atom. The first-order valence-corrected chi connectivity index (χ1v) is 8.95. The number of aromatic nitrogens is 1. The van der Waals surface area contributed by atoms with Crippen molar-refractivity contribution in [1.29, 1.82) is 0 Å². The number of carbonyl (C=O) groups excluding carboxylic acids is 1. The lowest BCUT2D eigenvalue weighted by Crippen LogP contribution is -2.29. The van der Waals surface area contributed by atoms with Gasteiger partial charge in [-0.3, -0.25) is 4.98 Å². The number of carboxylic acid groups (broad SMARTS) is 1. The van der Waals surface area contributed by atoms with E-state index in [-0.39, 0.29) is 16.8 Å². The minimum Gasteiger partial charge on any atom is -0.478 e. The van der Waals surface area contributed by atoms with Crippen LogP contribution < -0.4 is 5.46 Å². The van der Waals surface area contributed by atoms with Gasteiger partial charge in [0.15, 0.2) is 0 Å². The van der Waals surface area contributed by atoms with Crippen molar-refractivity contribution in [3.05, 3.63) is 83.6 Å². The molecular weight excluding hydrogens is 430 g/mol. The van der Waals surface area contributed by atoms with Crippen LogP contribution >= 0.6 is 0 Å². The minimum absolute atomic E-state index is 0.00763. The molecule has 0 amide bonds. The van der Waals surface area contributed by atoms with E-state index in [0.717, 1.165) is 6.07 Å². The lowest BCUT2D eigenvalue weighted by atomic mass is 9.80. The predicted octanol–water partition coefficient (Wildman–Crippen LogP) is 2.62. The van der Waals surface area contributed by atoms with Crippen molar-refractivity contribution in [2.75, 3.05) is 7.11 Å². The number of halogens is 3. The van der Waals surface area contributed by atoms with Crippen LogP contribution in [0.25, 0.3) is 11.3 Å². The number of hydrogen-bond acceptors (Lipinski definition) is 6. The lowest BCUT2D eigenvalue weighted by molar-refractivity contribution is -0.137. The number of ether oxygens (including phenoxy) is 1. The molecule has 0 spiro atoms. The predicted molar refractivity (Wildman–Crippen MR) is 109 cm³/mol. The maximum absolute atomic E-state index is 12.8. The first-order chi connectivity index (χ1) is 15.0. The highest BCUT2D eigenvalue weighted by molar-refractivity contribution is 6.58. The standard InChI is InChI=1S/C13H8F3NO2.C8H9BO4/c14-13(15,16)10-2-1-7-17-11(10)8-3-5-9(6-4-8)12(18)19;1-13-8(10)6-2-4-7(5-3-6)9(11)12/h1-7H,(H,18,19);2-5,11-12H,1H3. The number of hydrogen-bond donors (Lipinski definition) is 3. The van der Waals surface area contributed by atoms with Crippen LogP contribution in [0.5, 0.6) is 0 Å². The van der Waals surface area contributed by atoms with Crippen LogP contribution in [-0.2, 0) is 10.9 Å². The van der Waals surface area contributed by atoms with E-state index >= 15 is 0 Å². The van der Waals surface area contributed by atoms with E-state index in [1.165, 1.54) is 67.9 Å². The van der Waals surface area contributed by atoms with Crippen molar-refractivity contribution in [3.8, 4) is 11.3 Å². The van der Waals surface area contributed by atoms with Crippen molar-refractivity contribution in [2.45, 2.75) is 6.18 Å². The van der Waals surface area contributed by atoms with Crippen molar-refractivity contribution < 1.29 is 42.7 Å². The number of methoxy groups -OCH3 is 1. The van der Waals surface area contributed by atoms with Gasteiger partial charge in [-0.25, -0.2) is 9.59 Å². The summed E-state index contributed by atoms with van der Waals surface area (Å²) < 4.78 is 42.9. The summed E-state index contributed by atoms with van der Waals surface area (Å²) in [6.07, 6.45) is -3.25. The van der Waals surface area contributed by atoms with Crippen molar-refractivity contribution in [1.82, 2.24) is 4.98 Å². The Bertz CT molecular complexity index is 1070. The fraction of sp³-hybridized carbons (Fsp3) is 0.0952. The van der Waals surface area contributed by atoms with Crippen LogP contribution in [0.15, 0.2) is 66.9 Å². The van der Waals surface area contributed by atoms with Crippen LogP contribution in [0.2, 0.25) is 0 Å². The Labute approximate surface area is 180 Å². The number of pyridine rings is 1. The summed E-state index contributed by atoms with van der Waals surface area (Å²) in [6, 6.07) is 13.1. The lowest BCUT2D eigenvalue weighted by Gasteiger charge is -2.11. The molecule has 0 unspecified atom stereocenters. The molecule has 3 rings (SSSR count). The Balaban J connectivity index is 0.000000244. The highest BCUT2D eigenvalue weighted by atomic mass is 19.4. The first-order valence-electron chi connectivity index (χ1n) is 8.95. The Kier molecular flexibility index (Phi) is 8.11. The summed E-state index contributed by atoms with van der Waals surface area (Å²) in [7, 11) is -0.219. The van der Waals surface area contributed by atoms with E-state index in [9.17, 15) is 22.8 Å². The largest absolute Gasteiger partial charge is 0.488 e. The second-order valence-electron chi connectivity index (χ2n) is 6.27. The van der Waals surface area contributed by atoms with Gasteiger partial charge in [-0.05, 0) is 41.9 Å². The van der Waals surface area contributed by atoms with Crippen molar-refractivity contribution >= 4 is 24.5 Å². The molecule has 2 aromatic carbocycles. The fourth-order valence-corrected chi connectivity index (χ4v) is 2.54. The van der Waals surface area contributed by atoms with Crippen LogP contribution in [-0.4, -0.2) is 46.3 Å². The van der Waals surface area contributed by atoms with E-state index in [1.54, 1.807) is 0 Å². The SMILES string of the molecule is COC(=O)c1ccc(B(O)O)cc1.O=C(O)c1ccc(-c2ncccc2C(F)(F)F)cc1. The number of rotatable bonds is 4. The summed E-state index contributed by atoms with van der Waals surface area (Å²) in [5.74, 6) is -1.58. The van der Waals surface area contributed by atoms with Crippen molar-refractivity contribution in [2.24, 2.45) is 0 Å². The highest BCUT2D eigenvalue weighted by Gasteiger charge is 2.34. The molecule has 166 valence electrons. The topological polar surface area (TPSA) is 117 Å². The molecule has 3 N–H and O–H groups in total. The van der Waals surface area contributed by atoms with E-state index in [1.807, 2.05) is 0 Å². The van der Waals surface area contributed by atoms with Crippen LogP contribution in [0.1, 0.15) is 26.3 Å². The average Bonchev–Trinajstić information content (AvgIpc) is 2.78. The molecule has 0 saturated carbocycles. The summed E-state index contributed by atoms with van der Waals surface area (Å²) in [5, 5.41) is 26.2. The zero-order chi connectivity index (χ0) is 23.9. The third-order valence-corrected chi connectivity index (χ3v) is 4.15. The first kappa shape index (κ1) is 24.6. The number of benzene rings is 2. The molecule has 0 aliphatic rings. The van der Waals surface area contributed by atoms with Crippen LogP contribution in [0.4, 0.5) is 13.2 Å².